The molecule has 0 atom stereocenters. The zero-order chi connectivity index (χ0) is 9.97. The van der Waals surface area contributed by atoms with Crippen LogP contribution in [-0.2, 0) is 0 Å². The number of hydrogen-bond donors (Lipinski definition) is 1. The Morgan fingerprint density at radius 1 is 1.71 bits per heavy atom. The fraction of sp³-hybridized carbons (Fsp3) is 0.667. The molecule has 1 fully saturated rings. The van der Waals surface area contributed by atoms with Crippen LogP contribution in [0.1, 0.15) is 29.9 Å². The molecular formula is C9H14N4O. The molecule has 0 aromatic carbocycles. The van der Waals surface area contributed by atoms with Crippen LogP contribution in [0.25, 0.3) is 0 Å². The van der Waals surface area contributed by atoms with Crippen molar-refractivity contribution in [3.8, 4) is 0 Å². The summed E-state index contributed by atoms with van der Waals surface area (Å²) in [5.74, 6) is 0.938. The van der Waals surface area contributed by atoms with Gasteiger partial charge in [-0.05, 0) is 18.8 Å². The quantitative estimate of drug-likeness (QED) is 0.769. The SMILES string of the molecule is CN(CC1CCC1)C(=O)c1ncn[nH]1. The van der Waals surface area contributed by atoms with Crippen molar-refractivity contribution >= 4 is 5.91 Å². The summed E-state index contributed by atoms with van der Waals surface area (Å²) in [4.78, 5) is 17.2. The van der Waals surface area contributed by atoms with Crippen LogP contribution < -0.4 is 0 Å². The number of rotatable bonds is 3. The van der Waals surface area contributed by atoms with E-state index in [9.17, 15) is 4.79 Å². The van der Waals surface area contributed by atoms with Crippen molar-refractivity contribution in [2.24, 2.45) is 5.92 Å². The lowest BCUT2D eigenvalue weighted by molar-refractivity contribution is 0.0733. The number of aromatic amines is 1. The molecule has 1 aliphatic rings. The molecular weight excluding hydrogens is 180 g/mol. The Morgan fingerprint density at radius 2 is 2.50 bits per heavy atom. The largest absolute Gasteiger partial charge is 0.339 e. The Kier molecular flexibility index (Phi) is 2.47. The molecule has 5 nitrogen and oxygen atoms in total. The molecule has 0 bridgehead atoms. The van der Waals surface area contributed by atoms with Crippen molar-refractivity contribution in [3.63, 3.8) is 0 Å². The third-order valence-corrected chi connectivity index (χ3v) is 2.72. The van der Waals surface area contributed by atoms with E-state index in [1.54, 1.807) is 4.90 Å². The third-order valence-electron chi connectivity index (χ3n) is 2.72. The molecule has 0 unspecified atom stereocenters. The summed E-state index contributed by atoms with van der Waals surface area (Å²) in [6.45, 7) is 0.833. The van der Waals surface area contributed by atoms with Crippen molar-refractivity contribution in [2.75, 3.05) is 13.6 Å². The van der Waals surface area contributed by atoms with Crippen LogP contribution in [0.5, 0.6) is 0 Å². The van der Waals surface area contributed by atoms with E-state index in [4.69, 9.17) is 0 Å². The zero-order valence-corrected chi connectivity index (χ0v) is 8.23. The van der Waals surface area contributed by atoms with Crippen molar-refractivity contribution in [2.45, 2.75) is 19.3 Å². The zero-order valence-electron chi connectivity index (χ0n) is 8.23. The van der Waals surface area contributed by atoms with Gasteiger partial charge in [-0.3, -0.25) is 9.89 Å². The number of hydrogen-bond acceptors (Lipinski definition) is 3. The maximum absolute atomic E-state index is 11.7. The highest BCUT2D eigenvalue weighted by Crippen LogP contribution is 2.26. The van der Waals surface area contributed by atoms with E-state index in [1.807, 2.05) is 7.05 Å². The van der Waals surface area contributed by atoms with Crippen LogP contribution in [0, 0.1) is 5.92 Å². The second-order valence-corrected chi connectivity index (χ2v) is 3.82. The summed E-state index contributed by atoms with van der Waals surface area (Å²) in [5.41, 5.74) is 0. The monoisotopic (exact) mass is 194 g/mol. The standard InChI is InChI=1S/C9H14N4O/c1-13(5-7-3-2-4-7)9(14)8-10-6-11-12-8/h6-7H,2-5H2,1H3,(H,10,11,12). The van der Waals surface area contributed by atoms with Crippen molar-refractivity contribution in [1.82, 2.24) is 20.1 Å². The van der Waals surface area contributed by atoms with Gasteiger partial charge in [0.15, 0.2) is 0 Å². The molecule has 0 aliphatic heterocycles. The summed E-state index contributed by atoms with van der Waals surface area (Å²) in [6, 6.07) is 0. The minimum absolute atomic E-state index is 0.0746. The van der Waals surface area contributed by atoms with Crippen LogP contribution in [-0.4, -0.2) is 39.6 Å². The Balaban J connectivity index is 1.90. The van der Waals surface area contributed by atoms with Crippen molar-refractivity contribution in [3.05, 3.63) is 12.2 Å². The van der Waals surface area contributed by atoms with E-state index in [0.29, 0.717) is 11.7 Å². The highest BCUT2D eigenvalue weighted by molar-refractivity contribution is 5.90. The molecule has 2 rings (SSSR count). The summed E-state index contributed by atoms with van der Waals surface area (Å²) in [5, 5.41) is 6.23. The second kappa shape index (κ2) is 3.77. The predicted molar refractivity (Wildman–Crippen MR) is 50.7 cm³/mol. The Hall–Kier alpha value is -1.39. The van der Waals surface area contributed by atoms with Gasteiger partial charge in [0.2, 0.25) is 5.82 Å². The van der Waals surface area contributed by atoms with Gasteiger partial charge in [-0.1, -0.05) is 6.42 Å². The Bertz CT molecular complexity index is 305. The Morgan fingerprint density at radius 3 is 3.00 bits per heavy atom. The van der Waals surface area contributed by atoms with Crippen molar-refractivity contribution < 1.29 is 4.79 Å². The lowest BCUT2D eigenvalue weighted by Gasteiger charge is -2.29. The van der Waals surface area contributed by atoms with Crippen LogP contribution in [0.15, 0.2) is 6.33 Å². The first-order valence-corrected chi connectivity index (χ1v) is 4.88. The molecule has 0 radical (unpaired) electrons. The van der Waals surface area contributed by atoms with Crippen LogP contribution in [0.3, 0.4) is 0 Å². The molecule has 1 heterocycles. The predicted octanol–water partition coefficient (Wildman–Crippen LogP) is 0.677. The van der Waals surface area contributed by atoms with E-state index < -0.39 is 0 Å². The smallest absolute Gasteiger partial charge is 0.290 e. The summed E-state index contributed by atoms with van der Waals surface area (Å²) in [6.07, 6.45) is 5.14. The third kappa shape index (κ3) is 1.76. The molecule has 14 heavy (non-hydrogen) atoms. The number of nitrogens with one attached hydrogen (secondary N) is 1. The number of aromatic nitrogens is 3. The van der Waals surface area contributed by atoms with Crippen LogP contribution >= 0.6 is 0 Å². The molecule has 1 aromatic heterocycles. The van der Waals surface area contributed by atoms with E-state index >= 15 is 0 Å². The molecule has 1 N–H and O–H groups in total. The van der Waals surface area contributed by atoms with Crippen LogP contribution in [0.2, 0.25) is 0 Å². The molecule has 1 aromatic rings. The highest BCUT2D eigenvalue weighted by Gasteiger charge is 2.22. The first-order valence-electron chi connectivity index (χ1n) is 4.88. The second-order valence-electron chi connectivity index (χ2n) is 3.82. The average Bonchev–Trinajstić information content (AvgIpc) is 2.62. The number of carbonyl (C=O) groups is 1. The minimum atomic E-state index is -0.0746. The molecule has 1 amide bonds. The van der Waals surface area contributed by atoms with Gasteiger partial charge >= 0.3 is 0 Å². The lowest BCUT2D eigenvalue weighted by Crippen LogP contribution is -2.34. The van der Waals surface area contributed by atoms with Gasteiger partial charge in [-0.2, -0.15) is 5.10 Å². The normalized spacial score (nSPS) is 16.4. The van der Waals surface area contributed by atoms with Gasteiger partial charge in [0.1, 0.15) is 6.33 Å². The van der Waals surface area contributed by atoms with E-state index in [-0.39, 0.29) is 5.91 Å². The number of carbonyl (C=O) groups excluding carboxylic acids is 1. The van der Waals surface area contributed by atoms with Gasteiger partial charge in [0.05, 0.1) is 0 Å². The van der Waals surface area contributed by atoms with Gasteiger partial charge < -0.3 is 4.90 Å². The summed E-state index contributed by atoms with van der Waals surface area (Å²) < 4.78 is 0. The first kappa shape index (κ1) is 9.18. The molecule has 1 saturated carbocycles. The van der Waals surface area contributed by atoms with Crippen LogP contribution in [0.4, 0.5) is 0 Å². The van der Waals surface area contributed by atoms with Crippen molar-refractivity contribution in [1.29, 1.82) is 0 Å². The van der Waals surface area contributed by atoms with Gasteiger partial charge in [0, 0.05) is 13.6 Å². The first-order chi connectivity index (χ1) is 6.77. The molecule has 5 heteroatoms. The highest BCUT2D eigenvalue weighted by atomic mass is 16.2. The van der Waals surface area contributed by atoms with E-state index in [1.165, 1.54) is 25.6 Å². The van der Waals surface area contributed by atoms with Gasteiger partial charge in [-0.25, -0.2) is 4.98 Å². The van der Waals surface area contributed by atoms with Gasteiger partial charge in [0.25, 0.3) is 5.91 Å². The number of amides is 1. The summed E-state index contributed by atoms with van der Waals surface area (Å²) >= 11 is 0. The molecule has 0 saturated heterocycles. The Labute approximate surface area is 82.5 Å². The number of H-pyrrole nitrogens is 1. The van der Waals surface area contributed by atoms with Gasteiger partial charge in [-0.15, -0.1) is 0 Å². The molecule has 1 aliphatic carbocycles. The maximum atomic E-state index is 11.7. The molecule has 76 valence electrons. The molecule has 0 spiro atoms. The topological polar surface area (TPSA) is 61.9 Å². The number of nitrogens with zero attached hydrogens (tertiary/aromatic N) is 3. The average molecular weight is 194 g/mol. The van der Waals surface area contributed by atoms with E-state index in [0.717, 1.165) is 6.54 Å². The fourth-order valence-corrected chi connectivity index (χ4v) is 1.63. The van der Waals surface area contributed by atoms with E-state index in [2.05, 4.69) is 15.2 Å². The minimum Gasteiger partial charge on any atom is -0.339 e. The maximum Gasteiger partial charge on any atom is 0.290 e. The summed E-state index contributed by atoms with van der Waals surface area (Å²) in [7, 11) is 1.81. The fourth-order valence-electron chi connectivity index (χ4n) is 1.63. The lowest BCUT2D eigenvalue weighted by atomic mass is 9.85.